The second kappa shape index (κ2) is 8.18. The van der Waals surface area contributed by atoms with Crippen molar-refractivity contribution in [2.75, 3.05) is 11.9 Å². The number of hydrogen-bond acceptors (Lipinski definition) is 6. The monoisotopic (exact) mass is 485 g/mol. The molecule has 1 aliphatic heterocycles. The van der Waals surface area contributed by atoms with Crippen molar-refractivity contribution in [2.24, 2.45) is 5.92 Å². The van der Waals surface area contributed by atoms with Crippen LogP contribution < -0.4 is 10.6 Å². The third-order valence-corrected chi connectivity index (χ3v) is 6.79. The van der Waals surface area contributed by atoms with E-state index in [1.165, 1.54) is 6.07 Å². The number of hydrogen-bond donors (Lipinski definition) is 2. The van der Waals surface area contributed by atoms with Gasteiger partial charge in [0.15, 0.2) is 11.5 Å². The highest BCUT2D eigenvalue weighted by atomic mass is 19.1. The Bertz CT molecular complexity index is 1540. The van der Waals surface area contributed by atoms with Gasteiger partial charge < -0.3 is 10.6 Å². The Morgan fingerprint density at radius 3 is 2.78 bits per heavy atom. The van der Waals surface area contributed by atoms with E-state index in [-0.39, 0.29) is 35.7 Å². The third-order valence-electron chi connectivity index (χ3n) is 6.79. The average molecular weight is 486 g/mol. The van der Waals surface area contributed by atoms with E-state index in [1.54, 1.807) is 49.0 Å². The first-order valence-electron chi connectivity index (χ1n) is 11.9. The van der Waals surface area contributed by atoms with E-state index >= 15 is 0 Å². The molecule has 1 saturated carbocycles. The minimum absolute atomic E-state index is 0.152. The number of fused-ring (bicyclic) bond motifs is 2. The molecule has 0 spiro atoms. The molecule has 0 bridgehead atoms. The van der Waals surface area contributed by atoms with Gasteiger partial charge in [0.1, 0.15) is 23.0 Å². The number of pyridine rings is 1. The molecular weight excluding hydrogens is 461 g/mol. The molecule has 1 fully saturated rings. The maximum Gasteiger partial charge on any atom is 0.270 e. The SMILES string of the molecule is CC1(C)C(=O)Nc2nc(-c3nn(Cc4ccccc4F)c4ncccc34)nc(C(=O)NCC3CC3)c21. The van der Waals surface area contributed by atoms with Crippen molar-refractivity contribution in [2.45, 2.75) is 38.6 Å². The third kappa shape index (κ3) is 3.69. The molecule has 1 aliphatic carbocycles. The van der Waals surface area contributed by atoms with Gasteiger partial charge in [-0.05, 0) is 50.8 Å². The van der Waals surface area contributed by atoms with Crippen LogP contribution in [-0.4, -0.2) is 43.1 Å². The lowest BCUT2D eigenvalue weighted by atomic mass is 9.85. The Balaban J connectivity index is 1.49. The zero-order chi connectivity index (χ0) is 25.0. The molecule has 6 rings (SSSR count). The van der Waals surface area contributed by atoms with Crippen molar-refractivity contribution >= 4 is 28.7 Å². The van der Waals surface area contributed by atoms with Gasteiger partial charge in [-0.25, -0.2) is 24.0 Å². The Hall–Kier alpha value is -4.21. The van der Waals surface area contributed by atoms with Crippen molar-refractivity contribution in [1.82, 2.24) is 30.0 Å². The number of aromatic nitrogens is 5. The molecule has 2 aliphatic rings. The van der Waals surface area contributed by atoms with Gasteiger partial charge in [-0.2, -0.15) is 5.10 Å². The molecule has 2 amide bonds. The van der Waals surface area contributed by atoms with Crippen molar-refractivity contribution in [1.29, 1.82) is 0 Å². The average Bonchev–Trinajstić information content (AvgIpc) is 3.58. The summed E-state index contributed by atoms with van der Waals surface area (Å²) in [6.07, 6.45) is 3.82. The number of rotatable bonds is 6. The lowest BCUT2D eigenvalue weighted by molar-refractivity contribution is -0.119. The van der Waals surface area contributed by atoms with Gasteiger partial charge in [-0.15, -0.1) is 0 Å². The molecule has 1 aromatic carbocycles. The summed E-state index contributed by atoms with van der Waals surface area (Å²) in [4.78, 5) is 39.7. The molecule has 2 N–H and O–H groups in total. The first-order valence-corrected chi connectivity index (χ1v) is 11.9. The minimum atomic E-state index is -0.964. The topological polar surface area (TPSA) is 115 Å². The largest absolute Gasteiger partial charge is 0.350 e. The fourth-order valence-corrected chi connectivity index (χ4v) is 4.51. The van der Waals surface area contributed by atoms with Gasteiger partial charge in [-0.3, -0.25) is 9.59 Å². The number of anilines is 1. The molecule has 3 aromatic heterocycles. The maximum absolute atomic E-state index is 14.4. The van der Waals surface area contributed by atoms with Crippen LogP contribution in [-0.2, 0) is 16.8 Å². The van der Waals surface area contributed by atoms with Crippen LogP contribution in [0.1, 0.15) is 48.3 Å². The summed E-state index contributed by atoms with van der Waals surface area (Å²) in [7, 11) is 0. The highest BCUT2D eigenvalue weighted by Gasteiger charge is 2.44. The van der Waals surface area contributed by atoms with Crippen molar-refractivity contribution in [3.8, 4) is 11.5 Å². The molecule has 0 unspecified atom stereocenters. The van der Waals surface area contributed by atoms with Crippen LogP contribution in [0, 0.1) is 11.7 Å². The molecule has 4 heterocycles. The summed E-state index contributed by atoms with van der Waals surface area (Å²) in [5, 5.41) is 11.1. The van der Waals surface area contributed by atoms with Gasteiger partial charge in [0.25, 0.3) is 5.91 Å². The van der Waals surface area contributed by atoms with Crippen molar-refractivity contribution in [3.05, 3.63) is 65.2 Å². The fraction of sp³-hybridized carbons (Fsp3) is 0.308. The standard InChI is InChI=1S/C26H24FN7O2/c1-26(2)18-20(24(35)29-12-14-9-10-14)30-22(31-21(18)32-25(26)36)19-16-7-5-11-28-23(16)34(33-19)13-15-6-3-4-8-17(15)27/h3-8,11,14H,9-10,12-13H2,1-2H3,(H,29,35)(H,30,31,32,36). The van der Waals surface area contributed by atoms with E-state index in [4.69, 9.17) is 0 Å². The summed E-state index contributed by atoms with van der Waals surface area (Å²) in [5.74, 6) is 0.0319. The van der Waals surface area contributed by atoms with Gasteiger partial charge in [-0.1, -0.05) is 18.2 Å². The lowest BCUT2D eigenvalue weighted by Crippen LogP contribution is -2.32. The summed E-state index contributed by atoms with van der Waals surface area (Å²) < 4.78 is 16.0. The summed E-state index contributed by atoms with van der Waals surface area (Å²) in [5.41, 5.74) is 1.05. The highest BCUT2D eigenvalue weighted by Crippen LogP contribution is 2.40. The van der Waals surface area contributed by atoms with Crippen LogP contribution >= 0.6 is 0 Å². The van der Waals surface area contributed by atoms with Crippen LogP contribution in [0.3, 0.4) is 0 Å². The van der Waals surface area contributed by atoms with E-state index in [0.29, 0.717) is 46.1 Å². The molecule has 0 radical (unpaired) electrons. The predicted octanol–water partition coefficient (Wildman–Crippen LogP) is 3.45. The summed E-state index contributed by atoms with van der Waals surface area (Å²) >= 11 is 0. The zero-order valence-electron chi connectivity index (χ0n) is 19.9. The highest BCUT2D eigenvalue weighted by molar-refractivity contribution is 6.09. The summed E-state index contributed by atoms with van der Waals surface area (Å²) in [6.45, 7) is 4.22. The number of carbonyl (C=O) groups excluding carboxylic acids is 2. The maximum atomic E-state index is 14.4. The number of halogens is 1. The first-order chi connectivity index (χ1) is 17.3. The molecule has 0 atom stereocenters. The molecule has 10 heteroatoms. The number of carbonyl (C=O) groups is 2. The molecule has 182 valence electrons. The van der Waals surface area contributed by atoms with Crippen molar-refractivity contribution in [3.63, 3.8) is 0 Å². The van der Waals surface area contributed by atoms with Crippen LogP contribution in [0.5, 0.6) is 0 Å². The number of nitrogens with one attached hydrogen (secondary N) is 2. The van der Waals surface area contributed by atoms with E-state index in [0.717, 1.165) is 12.8 Å². The number of nitrogens with zero attached hydrogens (tertiary/aromatic N) is 5. The Labute approximate surface area is 206 Å². The Morgan fingerprint density at radius 1 is 1.19 bits per heavy atom. The predicted molar refractivity (Wildman–Crippen MR) is 131 cm³/mol. The van der Waals surface area contributed by atoms with Crippen LogP contribution in [0.25, 0.3) is 22.6 Å². The normalized spacial score (nSPS) is 16.1. The fourth-order valence-electron chi connectivity index (χ4n) is 4.51. The second-order valence-electron chi connectivity index (χ2n) is 9.82. The van der Waals surface area contributed by atoms with Crippen LogP contribution in [0.15, 0.2) is 42.6 Å². The lowest BCUT2D eigenvalue weighted by Gasteiger charge is -2.18. The molecule has 9 nitrogen and oxygen atoms in total. The zero-order valence-corrected chi connectivity index (χ0v) is 19.9. The van der Waals surface area contributed by atoms with Crippen LogP contribution in [0.2, 0.25) is 0 Å². The van der Waals surface area contributed by atoms with Gasteiger partial charge in [0.2, 0.25) is 5.91 Å². The molecular formula is C26H24FN7O2. The van der Waals surface area contributed by atoms with E-state index in [2.05, 4.69) is 30.7 Å². The first kappa shape index (κ1) is 22.3. The quantitative estimate of drug-likeness (QED) is 0.432. The van der Waals surface area contributed by atoms with Crippen LogP contribution in [0.4, 0.5) is 10.2 Å². The van der Waals surface area contributed by atoms with E-state index in [9.17, 15) is 14.0 Å². The number of benzene rings is 1. The van der Waals surface area contributed by atoms with E-state index in [1.807, 2.05) is 6.07 Å². The summed E-state index contributed by atoms with van der Waals surface area (Å²) in [6, 6.07) is 10.1. The van der Waals surface area contributed by atoms with Gasteiger partial charge in [0.05, 0.1) is 17.3 Å². The second-order valence-corrected chi connectivity index (χ2v) is 9.82. The molecule has 36 heavy (non-hydrogen) atoms. The van der Waals surface area contributed by atoms with Crippen molar-refractivity contribution < 1.29 is 14.0 Å². The smallest absolute Gasteiger partial charge is 0.270 e. The molecule has 0 saturated heterocycles. The van der Waals surface area contributed by atoms with Gasteiger partial charge >= 0.3 is 0 Å². The van der Waals surface area contributed by atoms with E-state index < -0.39 is 5.41 Å². The Morgan fingerprint density at radius 2 is 2.00 bits per heavy atom. The Kier molecular flexibility index (Phi) is 5.06. The number of amides is 2. The van der Waals surface area contributed by atoms with Gasteiger partial charge in [0, 0.05) is 23.9 Å². The molecule has 4 aromatic rings. The minimum Gasteiger partial charge on any atom is -0.350 e.